The second-order valence-corrected chi connectivity index (χ2v) is 7.21. The average Bonchev–Trinajstić information content (AvgIpc) is 2.75. The normalized spacial score (nSPS) is 16.8. The number of ether oxygens (including phenoxy) is 3. The van der Waals surface area contributed by atoms with Gasteiger partial charge in [0.1, 0.15) is 5.75 Å². The highest BCUT2D eigenvalue weighted by atomic mass is 16.7. The molecule has 0 aromatic heterocycles. The van der Waals surface area contributed by atoms with Crippen molar-refractivity contribution in [2.45, 2.75) is 19.5 Å². The smallest absolute Gasteiger partial charge is 0.189 e. The highest BCUT2D eigenvalue weighted by Gasteiger charge is 2.22. The van der Waals surface area contributed by atoms with Gasteiger partial charge in [-0.15, -0.1) is 0 Å². The van der Waals surface area contributed by atoms with E-state index < -0.39 is 0 Å². The second-order valence-electron chi connectivity index (χ2n) is 7.21. The summed E-state index contributed by atoms with van der Waals surface area (Å²) in [6.07, 6.45) is 0. The maximum absolute atomic E-state index is 5.71. The minimum absolute atomic E-state index is 0.249. The number of piperazine rings is 1. The lowest BCUT2D eigenvalue weighted by Crippen LogP contribution is -2.46. The zero-order valence-corrected chi connectivity index (χ0v) is 17.0. The molecule has 1 unspecified atom stereocenters. The van der Waals surface area contributed by atoms with Gasteiger partial charge >= 0.3 is 0 Å². The topological polar surface area (TPSA) is 34.2 Å². The second kappa shape index (κ2) is 11.2. The van der Waals surface area contributed by atoms with Gasteiger partial charge in [-0.25, -0.2) is 0 Å². The summed E-state index contributed by atoms with van der Waals surface area (Å²) in [4.78, 5) is 5.09. The number of rotatable bonds is 10. The van der Waals surface area contributed by atoms with E-state index in [0.29, 0.717) is 19.3 Å². The summed E-state index contributed by atoms with van der Waals surface area (Å²) < 4.78 is 16.1. The molecule has 1 heterocycles. The Labute approximate surface area is 168 Å². The molecule has 1 saturated heterocycles. The molecule has 0 bridgehead atoms. The van der Waals surface area contributed by atoms with Gasteiger partial charge in [-0.2, -0.15) is 0 Å². The van der Waals surface area contributed by atoms with Crippen molar-refractivity contribution < 1.29 is 14.2 Å². The van der Waals surface area contributed by atoms with Crippen LogP contribution in [-0.2, 0) is 16.0 Å². The van der Waals surface area contributed by atoms with E-state index in [0.717, 1.165) is 38.5 Å². The fourth-order valence-electron chi connectivity index (χ4n) is 3.54. The first-order valence-electron chi connectivity index (χ1n) is 10.1. The third-order valence-corrected chi connectivity index (χ3v) is 5.28. The molecule has 5 heteroatoms. The summed E-state index contributed by atoms with van der Waals surface area (Å²) in [5.74, 6) is 0.851. The minimum atomic E-state index is 0.249. The summed E-state index contributed by atoms with van der Waals surface area (Å²) >= 11 is 0. The van der Waals surface area contributed by atoms with E-state index in [1.807, 2.05) is 6.07 Å². The van der Waals surface area contributed by atoms with Crippen LogP contribution in [0.2, 0.25) is 0 Å². The average molecular weight is 385 g/mol. The van der Waals surface area contributed by atoms with Crippen LogP contribution in [0.5, 0.6) is 5.75 Å². The molecule has 28 heavy (non-hydrogen) atoms. The number of benzene rings is 2. The standard InChI is InChI=1S/C23H32N2O3/c1-20(22-9-6-10-23(17-22)28-19-27-16-15-26-2)25-13-11-24(12-14-25)18-21-7-4-3-5-8-21/h3-10,17,20H,11-16,18-19H2,1-2H3. The van der Waals surface area contributed by atoms with Crippen molar-refractivity contribution in [2.75, 3.05) is 53.3 Å². The van der Waals surface area contributed by atoms with E-state index in [9.17, 15) is 0 Å². The van der Waals surface area contributed by atoms with Crippen molar-refractivity contribution in [2.24, 2.45) is 0 Å². The zero-order chi connectivity index (χ0) is 19.6. The molecule has 2 aromatic rings. The Balaban J connectivity index is 1.46. The largest absolute Gasteiger partial charge is 0.468 e. The summed E-state index contributed by atoms with van der Waals surface area (Å²) in [6, 6.07) is 19.4. The fraction of sp³-hybridized carbons (Fsp3) is 0.478. The molecule has 1 fully saturated rings. The highest BCUT2D eigenvalue weighted by molar-refractivity contribution is 5.30. The van der Waals surface area contributed by atoms with Crippen LogP contribution in [0.4, 0.5) is 0 Å². The molecule has 1 aliphatic rings. The fourth-order valence-corrected chi connectivity index (χ4v) is 3.54. The van der Waals surface area contributed by atoms with E-state index in [1.165, 1.54) is 11.1 Å². The van der Waals surface area contributed by atoms with Gasteiger partial charge in [-0.1, -0.05) is 42.5 Å². The quantitative estimate of drug-likeness (QED) is 0.462. The lowest BCUT2D eigenvalue weighted by atomic mass is 10.1. The third-order valence-electron chi connectivity index (χ3n) is 5.28. The predicted molar refractivity (Wildman–Crippen MR) is 111 cm³/mol. The van der Waals surface area contributed by atoms with Crippen molar-refractivity contribution in [1.29, 1.82) is 0 Å². The van der Waals surface area contributed by atoms with Crippen molar-refractivity contribution in [3.05, 3.63) is 65.7 Å². The van der Waals surface area contributed by atoms with Gasteiger partial charge in [-0.3, -0.25) is 9.80 Å². The Kier molecular flexibility index (Phi) is 8.30. The van der Waals surface area contributed by atoms with E-state index in [4.69, 9.17) is 14.2 Å². The van der Waals surface area contributed by atoms with Gasteiger partial charge in [0.05, 0.1) is 13.2 Å². The molecule has 5 nitrogen and oxygen atoms in total. The first-order valence-corrected chi connectivity index (χ1v) is 10.1. The maximum atomic E-state index is 5.71. The van der Waals surface area contributed by atoms with Crippen molar-refractivity contribution in [3.63, 3.8) is 0 Å². The molecular weight excluding hydrogens is 352 g/mol. The van der Waals surface area contributed by atoms with Crippen LogP contribution in [0.1, 0.15) is 24.1 Å². The van der Waals surface area contributed by atoms with Crippen LogP contribution in [-0.4, -0.2) is 63.1 Å². The van der Waals surface area contributed by atoms with E-state index in [-0.39, 0.29) is 6.79 Å². The first kappa shape index (κ1) is 20.8. The molecule has 0 radical (unpaired) electrons. The Morgan fingerprint density at radius 1 is 0.929 bits per heavy atom. The van der Waals surface area contributed by atoms with Gasteiger partial charge in [-0.05, 0) is 30.2 Å². The Bertz CT molecular complexity index is 687. The molecule has 0 saturated carbocycles. The molecule has 1 atom stereocenters. The molecule has 1 aliphatic heterocycles. The van der Waals surface area contributed by atoms with E-state index in [1.54, 1.807) is 7.11 Å². The zero-order valence-electron chi connectivity index (χ0n) is 17.0. The predicted octanol–water partition coefficient (Wildman–Crippen LogP) is 3.56. The van der Waals surface area contributed by atoms with Crippen LogP contribution in [0, 0.1) is 0 Å². The van der Waals surface area contributed by atoms with E-state index in [2.05, 4.69) is 65.3 Å². The number of methoxy groups -OCH3 is 1. The molecule has 0 aliphatic carbocycles. The number of hydrogen-bond acceptors (Lipinski definition) is 5. The SMILES string of the molecule is COCCOCOc1cccc(C(C)N2CCN(Cc3ccccc3)CC2)c1. The van der Waals surface area contributed by atoms with Crippen molar-refractivity contribution in [1.82, 2.24) is 9.80 Å². The summed E-state index contributed by atoms with van der Waals surface area (Å²) in [5.41, 5.74) is 2.67. The van der Waals surface area contributed by atoms with Crippen molar-refractivity contribution >= 4 is 0 Å². The molecule has 0 N–H and O–H groups in total. The Morgan fingerprint density at radius 3 is 2.46 bits per heavy atom. The lowest BCUT2D eigenvalue weighted by Gasteiger charge is -2.38. The number of hydrogen-bond donors (Lipinski definition) is 0. The lowest BCUT2D eigenvalue weighted by molar-refractivity contribution is -0.00855. The van der Waals surface area contributed by atoms with Crippen LogP contribution < -0.4 is 4.74 Å². The Hall–Kier alpha value is -1.92. The molecule has 0 spiro atoms. The van der Waals surface area contributed by atoms with Crippen LogP contribution in [0.3, 0.4) is 0 Å². The summed E-state index contributed by atoms with van der Waals surface area (Å²) in [7, 11) is 1.66. The van der Waals surface area contributed by atoms with Crippen molar-refractivity contribution in [3.8, 4) is 5.75 Å². The van der Waals surface area contributed by atoms with Gasteiger partial charge in [0.15, 0.2) is 6.79 Å². The van der Waals surface area contributed by atoms with Crippen LogP contribution >= 0.6 is 0 Å². The summed E-state index contributed by atoms with van der Waals surface area (Å²) in [6.45, 7) is 9.05. The van der Waals surface area contributed by atoms with Gasteiger partial charge in [0.2, 0.25) is 0 Å². The molecule has 2 aromatic carbocycles. The minimum Gasteiger partial charge on any atom is -0.468 e. The monoisotopic (exact) mass is 384 g/mol. The third kappa shape index (κ3) is 6.31. The molecule has 152 valence electrons. The van der Waals surface area contributed by atoms with Crippen LogP contribution in [0.25, 0.3) is 0 Å². The van der Waals surface area contributed by atoms with Gasteiger partial charge < -0.3 is 14.2 Å². The van der Waals surface area contributed by atoms with Crippen LogP contribution in [0.15, 0.2) is 54.6 Å². The van der Waals surface area contributed by atoms with Gasteiger partial charge in [0.25, 0.3) is 0 Å². The molecular formula is C23H32N2O3. The molecule has 0 amide bonds. The van der Waals surface area contributed by atoms with Gasteiger partial charge in [0, 0.05) is 45.9 Å². The Morgan fingerprint density at radius 2 is 1.71 bits per heavy atom. The molecule has 3 rings (SSSR count). The maximum Gasteiger partial charge on any atom is 0.189 e. The first-order chi connectivity index (χ1) is 13.8. The number of nitrogens with zero attached hydrogens (tertiary/aromatic N) is 2. The summed E-state index contributed by atoms with van der Waals surface area (Å²) in [5, 5.41) is 0. The highest BCUT2D eigenvalue weighted by Crippen LogP contribution is 2.25. The van der Waals surface area contributed by atoms with E-state index >= 15 is 0 Å².